The highest BCUT2D eigenvalue weighted by Gasteiger charge is 2.35. The molecule has 0 radical (unpaired) electrons. The van der Waals surface area contributed by atoms with E-state index in [4.69, 9.17) is 0 Å². The van der Waals surface area contributed by atoms with Crippen molar-refractivity contribution in [3.8, 4) is 0 Å². The maximum Gasteiger partial charge on any atom is 0.123 e. The van der Waals surface area contributed by atoms with Crippen LogP contribution < -0.4 is 5.32 Å². The van der Waals surface area contributed by atoms with Gasteiger partial charge >= 0.3 is 0 Å². The number of halogens is 1. The molecule has 0 atom stereocenters. The molecule has 3 aliphatic rings. The second kappa shape index (κ2) is 5.69. The summed E-state index contributed by atoms with van der Waals surface area (Å²) in [5.74, 6) is 0.459. The zero-order valence-electron chi connectivity index (χ0n) is 12.6. The number of hydrogen-bond acceptors (Lipinski definition) is 2. The molecule has 4 rings (SSSR count). The molecule has 0 spiro atoms. The van der Waals surface area contributed by atoms with Crippen LogP contribution in [0.25, 0.3) is 0 Å². The van der Waals surface area contributed by atoms with Crippen molar-refractivity contribution >= 4 is 0 Å². The summed E-state index contributed by atoms with van der Waals surface area (Å²) >= 11 is 0. The number of piperidine rings is 1. The minimum absolute atomic E-state index is 0.101. The third-order valence-corrected chi connectivity index (χ3v) is 5.52. The van der Waals surface area contributed by atoms with E-state index < -0.39 is 0 Å². The van der Waals surface area contributed by atoms with Gasteiger partial charge in [0, 0.05) is 18.1 Å². The average Bonchev–Trinajstić information content (AvgIpc) is 3.27. The van der Waals surface area contributed by atoms with Crippen molar-refractivity contribution in [1.29, 1.82) is 0 Å². The van der Waals surface area contributed by atoms with E-state index in [1.807, 2.05) is 6.07 Å². The van der Waals surface area contributed by atoms with Crippen LogP contribution in [0.5, 0.6) is 0 Å². The van der Waals surface area contributed by atoms with Crippen molar-refractivity contribution in [2.45, 2.75) is 62.6 Å². The Bertz CT molecular complexity index is 486. The summed E-state index contributed by atoms with van der Waals surface area (Å²) in [4.78, 5) is 2.68. The fourth-order valence-corrected chi connectivity index (χ4v) is 3.99. The highest BCUT2D eigenvalue weighted by molar-refractivity contribution is 5.23. The van der Waals surface area contributed by atoms with Gasteiger partial charge in [0.25, 0.3) is 0 Å². The van der Waals surface area contributed by atoms with Crippen LogP contribution in [-0.2, 0) is 0 Å². The molecule has 21 heavy (non-hydrogen) atoms. The van der Waals surface area contributed by atoms with Gasteiger partial charge < -0.3 is 10.2 Å². The van der Waals surface area contributed by atoms with Crippen molar-refractivity contribution in [1.82, 2.24) is 10.2 Å². The maximum absolute atomic E-state index is 13.2. The molecule has 1 saturated heterocycles. The van der Waals surface area contributed by atoms with E-state index in [0.29, 0.717) is 18.0 Å². The predicted molar refractivity (Wildman–Crippen MR) is 82.9 cm³/mol. The molecule has 1 N–H and O–H groups in total. The molecule has 1 aromatic rings. The molecule has 2 aliphatic carbocycles. The predicted octanol–water partition coefficient (Wildman–Crippen LogP) is 3.29. The molecular weight excluding hydrogens is 263 g/mol. The average molecular weight is 288 g/mol. The third-order valence-electron chi connectivity index (χ3n) is 5.52. The van der Waals surface area contributed by atoms with Crippen LogP contribution in [0.1, 0.15) is 50.0 Å². The zero-order chi connectivity index (χ0) is 14.2. The van der Waals surface area contributed by atoms with Crippen LogP contribution in [-0.4, -0.2) is 36.1 Å². The Kier molecular flexibility index (Phi) is 3.72. The van der Waals surface area contributed by atoms with Gasteiger partial charge in [-0.1, -0.05) is 12.1 Å². The summed E-state index contributed by atoms with van der Waals surface area (Å²) < 4.78 is 13.2. The van der Waals surface area contributed by atoms with Gasteiger partial charge in [0.15, 0.2) is 0 Å². The molecule has 2 nitrogen and oxygen atoms in total. The number of benzene rings is 1. The van der Waals surface area contributed by atoms with Gasteiger partial charge in [-0.15, -0.1) is 0 Å². The van der Waals surface area contributed by atoms with Crippen LogP contribution in [0.4, 0.5) is 4.39 Å². The fourth-order valence-electron chi connectivity index (χ4n) is 3.99. The van der Waals surface area contributed by atoms with Gasteiger partial charge in [-0.3, -0.25) is 0 Å². The molecule has 0 amide bonds. The number of hydrogen-bond donors (Lipinski definition) is 1. The Hall–Kier alpha value is -0.930. The number of nitrogens with zero attached hydrogens (tertiary/aromatic N) is 1. The van der Waals surface area contributed by atoms with Crippen LogP contribution in [0.2, 0.25) is 0 Å². The Morgan fingerprint density at radius 2 is 1.76 bits per heavy atom. The van der Waals surface area contributed by atoms with Crippen LogP contribution in [0, 0.1) is 5.82 Å². The lowest BCUT2D eigenvalue weighted by atomic mass is 9.75. The number of rotatable bonds is 4. The molecule has 0 aromatic heterocycles. The Morgan fingerprint density at radius 3 is 2.43 bits per heavy atom. The zero-order valence-corrected chi connectivity index (χ0v) is 12.6. The first-order chi connectivity index (χ1) is 10.3. The Balaban J connectivity index is 1.22. The van der Waals surface area contributed by atoms with E-state index in [-0.39, 0.29) is 5.82 Å². The van der Waals surface area contributed by atoms with E-state index in [1.54, 1.807) is 6.07 Å². The summed E-state index contributed by atoms with van der Waals surface area (Å²) in [5, 5.41) is 3.83. The lowest BCUT2D eigenvalue weighted by Crippen LogP contribution is -2.50. The molecule has 0 bridgehead atoms. The summed E-state index contributed by atoms with van der Waals surface area (Å²) in [5.41, 5.74) is 1.18. The van der Waals surface area contributed by atoms with E-state index in [2.05, 4.69) is 16.3 Å². The molecular formula is C18H25FN2. The van der Waals surface area contributed by atoms with Gasteiger partial charge in [-0.05, 0) is 75.2 Å². The first-order valence-corrected chi connectivity index (χ1v) is 8.53. The maximum atomic E-state index is 13.2. The lowest BCUT2D eigenvalue weighted by molar-refractivity contribution is 0.165. The van der Waals surface area contributed by atoms with E-state index >= 15 is 0 Å². The van der Waals surface area contributed by atoms with Crippen LogP contribution >= 0.6 is 0 Å². The van der Waals surface area contributed by atoms with Gasteiger partial charge in [-0.2, -0.15) is 0 Å². The van der Waals surface area contributed by atoms with Gasteiger partial charge in [0.1, 0.15) is 5.82 Å². The van der Waals surface area contributed by atoms with Crippen LogP contribution in [0.3, 0.4) is 0 Å². The molecule has 3 heteroatoms. The summed E-state index contributed by atoms with van der Waals surface area (Å²) in [6.07, 6.45) is 7.81. The van der Waals surface area contributed by atoms with Gasteiger partial charge in [0.2, 0.25) is 0 Å². The number of nitrogens with one attached hydrogen (secondary N) is 1. The Labute approximate surface area is 126 Å². The summed E-state index contributed by atoms with van der Waals surface area (Å²) in [6, 6.07) is 9.42. The topological polar surface area (TPSA) is 15.3 Å². The van der Waals surface area contributed by atoms with Gasteiger partial charge in [0.05, 0.1) is 0 Å². The van der Waals surface area contributed by atoms with Gasteiger partial charge in [-0.25, -0.2) is 4.39 Å². The SMILES string of the molecule is Fc1cccc(C2CC(NC3CCN(C4CC4)CC3)C2)c1. The molecule has 1 aliphatic heterocycles. The first-order valence-electron chi connectivity index (χ1n) is 8.53. The lowest BCUT2D eigenvalue weighted by Gasteiger charge is -2.41. The normalized spacial score (nSPS) is 31.1. The van der Waals surface area contributed by atoms with E-state index in [1.165, 1.54) is 63.2 Å². The standard InChI is InChI=1S/C18H25FN2/c19-15-3-1-2-13(10-15)14-11-17(12-14)20-16-6-8-21(9-7-16)18-4-5-18/h1-3,10,14,16-18,20H,4-9,11-12H2. The van der Waals surface area contributed by atoms with Crippen molar-refractivity contribution in [2.75, 3.05) is 13.1 Å². The molecule has 1 aromatic carbocycles. The summed E-state index contributed by atoms with van der Waals surface area (Å²) in [7, 11) is 0. The van der Waals surface area contributed by atoms with E-state index in [0.717, 1.165) is 6.04 Å². The van der Waals surface area contributed by atoms with Crippen molar-refractivity contribution in [3.63, 3.8) is 0 Å². The minimum Gasteiger partial charge on any atom is -0.311 e. The second-order valence-electron chi connectivity index (χ2n) is 7.13. The smallest absolute Gasteiger partial charge is 0.123 e. The molecule has 1 heterocycles. The first kappa shape index (κ1) is 13.7. The summed E-state index contributed by atoms with van der Waals surface area (Å²) in [6.45, 7) is 2.56. The quantitative estimate of drug-likeness (QED) is 0.914. The van der Waals surface area contributed by atoms with E-state index in [9.17, 15) is 4.39 Å². The monoisotopic (exact) mass is 288 g/mol. The fraction of sp³-hybridized carbons (Fsp3) is 0.667. The second-order valence-corrected chi connectivity index (χ2v) is 7.13. The van der Waals surface area contributed by atoms with Crippen molar-refractivity contribution in [2.24, 2.45) is 0 Å². The van der Waals surface area contributed by atoms with Crippen molar-refractivity contribution in [3.05, 3.63) is 35.6 Å². The Morgan fingerprint density at radius 1 is 1.00 bits per heavy atom. The molecule has 114 valence electrons. The molecule has 2 saturated carbocycles. The van der Waals surface area contributed by atoms with Crippen LogP contribution in [0.15, 0.2) is 24.3 Å². The largest absolute Gasteiger partial charge is 0.311 e. The third kappa shape index (κ3) is 3.14. The minimum atomic E-state index is -0.101. The highest BCUT2D eigenvalue weighted by Crippen LogP contribution is 2.38. The molecule has 0 unspecified atom stereocenters. The van der Waals surface area contributed by atoms with Crippen molar-refractivity contribution < 1.29 is 4.39 Å². The highest BCUT2D eigenvalue weighted by atomic mass is 19.1. The number of likely N-dealkylation sites (tertiary alicyclic amines) is 1. The molecule has 3 fully saturated rings.